The first-order valence-corrected chi connectivity index (χ1v) is 8.09. The van der Waals surface area contributed by atoms with Crippen molar-refractivity contribution >= 4 is 11.6 Å². The van der Waals surface area contributed by atoms with E-state index in [-0.39, 0.29) is 29.9 Å². The molecule has 1 aliphatic rings. The molecule has 1 aromatic heterocycles. The zero-order valence-electron chi connectivity index (χ0n) is 13.8. The number of nitrogens with zero attached hydrogens (tertiary/aromatic N) is 3. The van der Waals surface area contributed by atoms with E-state index in [0.29, 0.717) is 5.56 Å². The molecule has 1 amide bonds. The summed E-state index contributed by atoms with van der Waals surface area (Å²) in [6.07, 6.45) is 2.77. The summed E-state index contributed by atoms with van der Waals surface area (Å²) in [6, 6.07) is 5.99. The number of fused-ring (bicyclic) bond motifs is 1. The van der Waals surface area contributed by atoms with E-state index in [9.17, 15) is 19.7 Å². The Balaban J connectivity index is 1.67. The third-order valence-corrected chi connectivity index (χ3v) is 4.38. The molecular weight excluding hydrogens is 324 g/mol. The van der Waals surface area contributed by atoms with Crippen LogP contribution < -0.4 is 10.9 Å². The first-order valence-electron chi connectivity index (χ1n) is 8.09. The summed E-state index contributed by atoms with van der Waals surface area (Å²) in [5.74, 6) is -0.407. The summed E-state index contributed by atoms with van der Waals surface area (Å²) >= 11 is 0. The number of aryl methyl sites for hydroxylation is 2. The molecule has 0 spiro atoms. The van der Waals surface area contributed by atoms with Gasteiger partial charge in [-0.05, 0) is 37.8 Å². The smallest absolute Gasteiger partial charge is 0.273 e. The minimum Gasteiger partial charge on any atom is -0.350 e. The van der Waals surface area contributed by atoms with Crippen LogP contribution in [0.25, 0.3) is 0 Å². The molecule has 0 saturated carbocycles. The average Bonchev–Trinajstić information content (AvgIpc) is 3.01. The van der Waals surface area contributed by atoms with Crippen LogP contribution >= 0.6 is 0 Å². The monoisotopic (exact) mass is 342 g/mol. The van der Waals surface area contributed by atoms with Gasteiger partial charge in [0.2, 0.25) is 0 Å². The predicted molar refractivity (Wildman–Crippen MR) is 90.7 cm³/mol. The fourth-order valence-corrected chi connectivity index (χ4v) is 3.04. The highest BCUT2D eigenvalue weighted by molar-refractivity contribution is 5.96. The molecule has 0 saturated heterocycles. The highest BCUT2D eigenvalue weighted by Crippen LogP contribution is 2.21. The summed E-state index contributed by atoms with van der Waals surface area (Å²) in [5.41, 5.74) is 2.25. The molecule has 0 bridgehead atoms. The molecule has 1 aromatic carbocycles. The van der Waals surface area contributed by atoms with Crippen LogP contribution in [0.3, 0.4) is 0 Å². The normalized spacial score (nSPS) is 12.7. The molecule has 0 aliphatic heterocycles. The van der Waals surface area contributed by atoms with Gasteiger partial charge in [0.15, 0.2) is 0 Å². The van der Waals surface area contributed by atoms with E-state index in [0.717, 1.165) is 30.5 Å². The lowest BCUT2D eigenvalue weighted by atomic mass is 10.1. The zero-order valence-corrected chi connectivity index (χ0v) is 13.8. The molecule has 1 aliphatic carbocycles. The van der Waals surface area contributed by atoms with Crippen molar-refractivity contribution in [2.24, 2.45) is 0 Å². The van der Waals surface area contributed by atoms with Gasteiger partial charge in [0.1, 0.15) is 0 Å². The van der Waals surface area contributed by atoms with Crippen LogP contribution in [-0.2, 0) is 19.4 Å². The molecule has 8 nitrogen and oxygen atoms in total. The number of aromatic nitrogens is 2. The molecule has 0 atom stereocenters. The van der Waals surface area contributed by atoms with E-state index in [4.69, 9.17) is 0 Å². The lowest BCUT2D eigenvalue weighted by Crippen LogP contribution is -2.32. The van der Waals surface area contributed by atoms with Gasteiger partial charge < -0.3 is 5.32 Å². The highest BCUT2D eigenvalue weighted by atomic mass is 16.6. The third-order valence-electron chi connectivity index (χ3n) is 4.38. The van der Waals surface area contributed by atoms with Gasteiger partial charge in [0.05, 0.1) is 17.2 Å². The number of amides is 1. The van der Waals surface area contributed by atoms with Crippen LogP contribution in [0.4, 0.5) is 5.69 Å². The Bertz CT molecular complexity index is 904. The number of carbonyl (C=O) groups excluding carboxylic acids is 1. The van der Waals surface area contributed by atoms with Crippen molar-refractivity contribution in [1.82, 2.24) is 15.1 Å². The van der Waals surface area contributed by atoms with Crippen molar-refractivity contribution in [3.63, 3.8) is 0 Å². The number of benzene rings is 1. The number of nitro benzene ring substituents is 1. The fraction of sp³-hybridized carbons (Fsp3) is 0.353. The second kappa shape index (κ2) is 6.84. The largest absolute Gasteiger partial charge is 0.350 e. The van der Waals surface area contributed by atoms with Gasteiger partial charge in [-0.15, -0.1) is 0 Å². The van der Waals surface area contributed by atoms with Crippen LogP contribution in [-0.4, -0.2) is 27.2 Å². The number of hydrogen-bond donors (Lipinski definition) is 1. The topological polar surface area (TPSA) is 107 Å². The van der Waals surface area contributed by atoms with Gasteiger partial charge in [-0.25, -0.2) is 4.68 Å². The van der Waals surface area contributed by atoms with E-state index in [1.165, 1.54) is 22.9 Å². The van der Waals surface area contributed by atoms with Crippen LogP contribution in [0.2, 0.25) is 0 Å². The first-order chi connectivity index (χ1) is 12.0. The lowest BCUT2D eigenvalue weighted by molar-refractivity contribution is -0.385. The first kappa shape index (κ1) is 16.8. The average molecular weight is 342 g/mol. The molecule has 3 rings (SSSR count). The van der Waals surface area contributed by atoms with Crippen molar-refractivity contribution < 1.29 is 9.72 Å². The van der Waals surface area contributed by atoms with Crippen molar-refractivity contribution in [3.05, 3.63) is 67.1 Å². The van der Waals surface area contributed by atoms with Gasteiger partial charge in [-0.1, -0.05) is 6.07 Å². The van der Waals surface area contributed by atoms with Crippen LogP contribution in [0, 0.1) is 17.0 Å². The molecule has 1 N–H and O–H groups in total. The second-order valence-electron chi connectivity index (χ2n) is 5.99. The Kier molecular flexibility index (Phi) is 4.60. The van der Waals surface area contributed by atoms with E-state index in [1.807, 2.05) is 0 Å². The summed E-state index contributed by atoms with van der Waals surface area (Å²) in [5, 5.41) is 18.0. The summed E-state index contributed by atoms with van der Waals surface area (Å²) in [4.78, 5) is 34.7. The molecule has 1 heterocycles. The molecule has 0 unspecified atom stereocenters. The molecular formula is C17H18N4O4. The number of rotatable bonds is 5. The van der Waals surface area contributed by atoms with Gasteiger partial charge in [-0.2, -0.15) is 5.10 Å². The quantitative estimate of drug-likeness (QED) is 0.652. The van der Waals surface area contributed by atoms with Crippen LogP contribution in [0.5, 0.6) is 0 Å². The summed E-state index contributed by atoms with van der Waals surface area (Å²) in [6.45, 7) is 2.01. The number of nitrogens with one attached hydrogen (secondary N) is 1. The molecule has 2 aromatic rings. The Morgan fingerprint density at radius 3 is 2.96 bits per heavy atom. The molecule has 130 valence electrons. The van der Waals surface area contributed by atoms with Crippen molar-refractivity contribution in [2.75, 3.05) is 6.54 Å². The van der Waals surface area contributed by atoms with Gasteiger partial charge in [0, 0.05) is 29.8 Å². The lowest BCUT2D eigenvalue weighted by Gasteiger charge is -2.10. The SMILES string of the molecule is Cc1c(C(=O)NCCn2nc3c(cc2=O)CCC3)cccc1[N+](=O)[O-]. The van der Waals surface area contributed by atoms with Crippen LogP contribution in [0.1, 0.15) is 33.6 Å². The maximum absolute atomic E-state index is 12.3. The highest BCUT2D eigenvalue weighted by Gasteiger charge is 2.18. The minimum atomic E-state index is -0.514. The summed E-state index contributed by atoms with van der Waals surface area (Å²) in [7, 11) is 0. The van der Waals surface area contributed by atoms with Crippen molar-refractivity contribution in [1.29, 1.82) is 0 Å². The molecule has 0 fully saturated rings. The molecule has 8 heteroatoms. The third kappa shape index (κ3) is 3.42. The number of nitro groups is 1. The van der Waals surface area contributed by atoms with Crippen molar-refractivity contribution in [2.45, 2.75) is 32.7 Å². The molecule has 25 heavy (non-hydrogen) atoms. The van der Waals surface area contributed by atoms with Crippen LogP contribution in [0.15, 0.2) is 29.1 Å². The number of hydrogen-bond acceptors (Lipinski definition) is 5. The Hall–Kier alpha value is -3.03. The van der Waals surface area contributed by atoms with E-state index in [2.05, 4.69) is 10.4 Å². The van der Waals surface area contributed by atoms with E-state index >= 15 is 0 Å². The van der Waals surface area contributed by atoms with E-state index in [1.54, 1.807) is 13.0 Å². The van der Waals surface area contributed by atoms with Crippen molar-refractivity contribution in [3.8, 4) is 0 Å². The molecule has 0 radical (unpaired) electrons. The minimum absolute atomic E-state index is 0.0934. The van der Waals surface area contributed by atoms with Gasteiger partial charge in [0.25, 0.3) is 17.2 Å². The Morgan fingerprint density at radius 2 is 2.20 bits per heavy atom. The number of carbonyl (C=O) groups is 1. The predicted octanol–water partition coefficient (Wildman–Crippen LogP) is 1.38. The van der Waals surface area contributed by atoms with E-state index < -0.39 is 10.8 Å². The van der Waals surface area contributed by atoms with Gasteiger partial charge >= 0.3 is 0 Å². The maximum atomic E-state index is 12.3. The zero-order chi connectivity index (χ0) is 18.0. The standard InChI is InChI=1S/C17H18N4O4/c1-11-13(5-3-7-15(11)21(24)25)17(23)18-8-9-20-16(22)10-12-4-2-6-14(12)19-20/h3,5,7,10H,2,4,6,8-9H2,1H3,(H,18,23). The maximum Gasteiger partial charge on any atom is 0.273 e. The second-order valence-corrected chi connectivity index (χ2v) is 5.99. The van der Waals surface area contributed by atoms with Gasteiger partial charge in [-0.3, -0.25) is 19.7 Å². The Morgan fingerprint density at radius 1 is 1.40 bits per heavy atom. The summed E-state index contributed by atoms with van der Waals surface area (Å²) < 4.78 is 1.35. The Labute approximate surface area is 143 Å². The fourth-order valence-electron chi connectivity index (χ4n) is 3.04.